The van der Waals surface area contributed by atoms with E-state index in [4.69, 9.17) is 5.73 Å². The van der Waals surface area contributed by atoms with Crippen molar-refractivity contribution < 1.29 is 0 Å². The van der Waals surface area contributed by atoms with Crippen LogP contribution in [0.1, 0.15) is 24.1 Å². The van der Waals surface area contributed by atoms with Crippen LogP contribution in [0.25, 0.3) is 0 Å². The predicted octanol–water partition coefficient (Wildman–Crippen LogP) is 4.76. The van der Waals surface area contributed by atoms with Gasteiger partial charge in [-0.1, -0.05) is 46.3 Å². The molecule has 0 unspecified atom stereocenters. The monoisotopic (exact) mass is 321 g/mol. The maximum atomic E-state index is 5.95. The predicted molar refractivity (Wildman–Crippen MR) is 82.7 cm³/mol. The molecule has 1 nitrogen and oxygen atoms in total. The van der Waals surface area contributed by atoms with Crippen LogP contribution in [-0.2, 0) is 5.75 Å². The third-order valence-corrected chi connectivity index (χ3v) is 4.49. The molecule has 1 atom stereocenters. The maximum Gasteiger partial charge on any atom is 0.0277 e. The quantitative estimate of drug-likeness (QED) is 0.821. The van der Waals surface area contributed by atoms with Crippen LogP contribution >= 0.6 is 27.7 Å². The number of rotatable bonds is 4. The summed E-state index contributed by atoms with van der Waals surface area (Å²) in [5.41, 5.74) is 8.45. The summed E-state index contributed by atoms with van der Waals surface area (Å²) in [6, 6.07) is 16.9. The van der Waals surface area contributed by atoms with E-state index in [-0.39, 0.29) is 6.04 Å². The number of thioether (sulfide) groups is 1. The Balaban J connectivity index is 2.08. The normalized spacial score (nSPS) is 12.4. The second-order valence-electron chi connectivity index (χ2n) is 4.25. The van der Waals surface area contributed by atoms with Crippen molar-refractivity contribution in [3.63, 3.8) is 0 Å². The van der Waals surface area contributed by atoms with Crippen molar-refractivity contribution in [3.05, 3.63) is 64.1 Å². The zero-order chi connectivity index (χ0) is 13.0. The molecule has 3 heteroatoms. The zero-order valence-electron chi connectivity index (χ0n) is 10.3. The van der Waals surface area contributed by atoms with Gasteiger partial charge >= 0.3 is 0 Å². The molecule has 0 bridgehead atoms. The van der Waals surface area contributed by atoms with Gasteiger partial charge in [-0.25, -0.2) is 0 Å². The summed E-state index contributed by atoms with van der Waals surface area (Å²) in [4.78, 5) is 1.26. The van der Waals surface area contributed by atoms with Gasteiger partial charge in [-0.15, -0.1) is 11.8 Å². The van der Waals surface area contributed by atoms with E-state index in [0.717, 1.165) is 15.8 Å². The van der Waals surface area contributed by atoms with Crippen molar-refractivity contribution in [2.24, 2.45) is 5.73 Å². The van der Waals surface area contributed by atoms with Gasteiger partial charge in [-0.05, 0) is 36.2 Å². The highest BCUT2D eigenvalue weighted by Crippen LogP contribution is 2.29. The Kier molecular flexibility index (Phi) is 4.87. The van der Waals surface area contributed by atoms with Crippen LogP contribution in [0.4, 0.5) is 0 Å². The standard InChI is InChI=1S/C15H16BrNS/c1-11(17)14-9-13(7-8-15(14)16)18-10-12-5-3-2-4-6-12/h2-9,11H,10,17H2,1H3/t11-/m0/s1. The Hall–Kier alpha value is -0.770. The summed E-state index contributed by atoms with van der Waals surface area (Å²) in [6.45, 7) is 2.01. The molecule has 0 aromatic heterocycles. The molecule has 0 amide bonds. The van der Waals surface area contributed by atoms with E-state index >= 15 is 0 Å². The highest BCUT2D eigenvalue weighted by atomic mass is 79.9. The molecule has 0 fully saturated rings. The van der Waals surface area contributed by atoms with E-state index in [1.54, 1.807) is 0 Å². The van der Waals surface area contributed by atoms with E-state index in [1.807, 2.05) is 24.8 Å². The summed E-state index contributed by atoms with van der Waals surface area (Å²) in [6.07, 6.45) is 0. The van der Waals surface area contributed by atoms with Crippen LogP contribution in [0.2, 0.25) is 0 Å². The van der Waals surface area contributed by atoms with E-state index in [2.05, 4.69) is 58.4 Å². The Labute approximate surface area is 121 Å². The van der Waals surface area contributed by atoms with Gasteiger partial charge in [0, 0.05) is 21.2 Å². The fourth-order valence-electron chi connectivity index (χ4n) is 1.70. The summed E-state index contributed by atoms with van der Waals surface area (Å²) in [7, 11) is 0. The summed E-state index contributed by atoms with van der Waals surface area (Å²) >= 11 is 5.38. The van der Waals surface area contributed by atoms with Crippen LogP contribution in [-0.4, -0.2) is 0 Å². The number of nitrogens with two attached hydrogens (primary N) is 1. The average Bonchev–Trinajstić information content (AvgIpc) is 2.38. The zero-order valence-corrected chi connectivity index (χ0v) is 12.7. The van der Waals surface area contributed by atoms with Crippen molar-refractivity contribution >= 4 is 27.7 Å². The molecule has 18 heavy (non-hydrogen) atoms. The molecule has 0 aliphatic carbocycles. The molecule has 2 rings (SSSR count). The van der Waals surface area contributed by atoms with Crippen molar-refractivity contribution in [2.75, 3.05) is 0 Å². The molecule has 0 aliphatic heterocycles. The third kappa shape index (κ3) is 3.61. The minimum Gasteiger partial charge on any atom is -0.324 e. The van der Waals surface area contributed by atoms with Crippen LogP contribution in [0.15, 0.2) is 57.9 Å². The summed E-state index contributed by atoms with van der Waals surface area (Å²) < 4.78 is 1.08. The fourth-order valence-corrected chi connectivity index (χ4v) is 3.21. The van der Waals surface area contributed by atoms with Crippen molar-refractivity contribution in [3.8, 4) is 0 Å². The van der Waals surface area contributed by atoms with Crippen molar-refractivity contribution in [1.29, 1.82) is 0 Å². The first-order chi connectivity index (χ1) is 8.66. The second-order valence-corrected chi connectivity index (χ2v) is 6.15. The minimum atomic E-state index is 0.0525. The number of hydrogen-bond acceptors (Lipinski definition) is 2. The average molecular weight is 322 g/mol. The Morgan fingerprint density at radius 2 is 1.89 bits per heavy atom. The molecule has 2 aromatic carbocycles. The molecule has 0 saturated heterocycles. The number of benzene rings is 2. The van der Waals surface area contributed by atoms with E-state index in [1.165, 1.54) is 10.5 Å². The van der Waals surface area contributed by atoms with Crippen LogP contribution in [0, 0.1) is 0 Å². The van der Waals surface area contributed by atoms with Crippen molar-refractivity contribution in [1.82, 2.24) is 0 Å². The van der Waals surface area contributed by atoms with E-state index < -0.39 is 0 Å². The Morgan fingerprint density at radius 3 is 2.56 bits per heavy atom. The first-order valence-corrected chi connectivity index (χ1v) is 7.66. The van der Waals surface area contributed by atoms with Gasteiger partial charge in [-0.3, -0.25) is 0 Å². The lowest BCUT2D eigenvalue weighted by atomic mass is 10.1. The lowest BCUT2D eigenvalue weighted by Crippen LogP contribution is -2.05. The highest BCUT2D eigenvalue weighted by molar-refractivity contribution is 9.10. The number of hydrogen-bond donors (Lipinski definition) is 1. The molecule has 0 radical (unpaired) electrons. The Bertz CT molecular complexity index is 511. The molecule has 94 valence electrons. The van der Waals surface area contributed by atoms with E-state index in [9.17, 15) is 0 Å². The van der Waals surface area contributed by atoms with Gasteiger partial charge in [0.25, 0.3) is 0 Å². The van der Waals surface area contributed by atoms with Gasteiger partial charge < -0.3 is 5.73 Å². The largest absolute Gasteiger partial charge is 0.324 e. The lowest BCUT2D eigenvalue weighted by molar-refractivity contribution is 0.809. The van der Waals surface area contributed by atoms with Gasteiger partial charge in [0.05, 0.1) is 0 Å². The fraction of sp³-hybridized carbons (Fsp3) is 0.200. The second kappa shape index (κ2) is 6.41. The van der Waals surface area contributed by atoms with Crippen molar-refractivity contribution in [2.45, 2.75) is 23.6 Å². The molecule has 0 spiro atoms. The molecule has 0 aliphatic rings. The van der Waals surface area contributed by atoms with Gasteiger partial charge in [0.2, 0.25) is 0 Å². The molecule has 2 aromatic rings. The van der Waals surface area contributed by atoms with Crippen LogP contribution in [0.3, 0.4) is 0 Å². The summed E-state index contributed by atoms with van der Waals surface area (Å²) in [5.74, 6) is 0.987. The van der Waals surface area contributed by atoms with Gasteiger partial charge in [0.1, 0.15) is 0 Å². The van der Waals surface area contributed by atoms with Crippen LogP contribution < -0.4 is 5.73 Å². The molecular formula is C15H16BrNS. The highest BCUT2D eigenvalue weighted by Gasteiger charge is 2.06. The minimum absolute atomic E-state index is 0.0525. The third-order valence-electron chi connectivity index (χ3n) is 2.71. The van der Waals surface area contributed by atoms with Crippen LogP contribution in [0.5, 0.6) is 0 Å². The smallest absolute Gasteiger partial charge is 0.0277 e. The first-order valence-electron chi connectivity index (χ1n) is 5.88. The Morgan fingerprint density at radius 1 is 1.17 bits per heavy atom. The number of halogens is 1. The molecular weight excluding hydrogens is 306 g/mol. The molecule has 0 saturated carbocycles. The topological polar surface area (TPSA) is 26.0 Å². The maximum absolute atomic E-state index is 5.95. The molecule has 0 heterocycles. The SMILES string of the molecule is C[C@H](N)c1cc(SCc2ccccc2)ccc1Br. The van der Waals surface area contributed by atoms with E-state index in [0.29, 0.717) is 0 Å². The molecule has 2 N–H and O–H groups in total. The first kappa shape index (κ1) is 13.7. The van der Waals surface area contributed by atoms with Gasteiger partial charge in [0.15, 0.2) is 0 Å². The summed E-state index contributed by atoms with van der Waals surface area (Å²) in [5, 5.41) is 0. The lowest BCUT2D eigenvalue weighted by Gasteiger charge is -2.10. The van der Waals surface area contributed by atoms with Gasteiger partial charge in [-0.2, -0.15) is 0 Å².